The van der Waals surface area contributed by atoms with Gasteiger partial charge in [-0.25, -0.2) is 0 Å². The third-order valence-corrected chi connectivity index (χ3v) is 3.80. The van der Waals surface area contributed by atoms with Gasteiger partial charge in [0.1, 0.15) is 0 Å². The van der Waals surface area contributed by atoms with Crippen molar-refractivity contribution in [2.75, 3.05) is 19.7 Å². The third-order valence-electron chi connectivity index (χ3n) is 3.80. The summed E-state index contributed by atoms with van der Waals surface area (Å²) in [7, 11) is 0. The van der Waals surface area contributed by atoms with E-state index in [-0.39, 0.29) is 18.1 Å². The van der Waals surface area contributed by atoms with E-state index >= 15 is 0 Å². The Kier molecular flexibility index (Phi) is 4.59. The molecule has 3 N–H and O–H groups in total. The first kappa shape index (κ1) is 13.8. The molecule has 0 aromatic rings. The van der Waals surface area contributed by atoms with E-state index in [0.717, 1.165) is 26.1 Å². The van der Waals surface area contributed by atoms with Crippen molar-refractivity contribution in [2.45, 2.75) is 57.3 Å². The second kappa shape index (κ2) is 5.99. The molecule has 104 valence electrons. The van der Waals surface area contributed by atoms with Crippen molar-refractivity contribution >= 4 is 5.91 Å². The monoisotopic (exact) mass is 255 g/mol. The van der Waals surface area contributed by atoms with Gasteiger partial charge in [0.2, 0.25) is 5.91 Å². The summed E-state index contributed by atoms with van der Waals surface area (Å²) in [5.41, 5.74) is 5.45. The number of morpholine rings is 1. The van der Waals surface area contributed by atoms with Gasteiger partial charge in [0.05, 0.1) is 18.8 Å². The maximum atomic E-state index is 11.4. The van der Waals surface area contributed by atoms with Crippen molar-refractivity contribution in [3.05, 3.63) is 0 Å². The Morgan fingerprint density at radius 1 is 1.50 bits per heavy atom. The average Bonchev–Trinajstić information content (AvgIpc) is 3.12. The zero-order valence-corrected chi connectivity index (χ0v) is 11.4. The Balaban J connectivity index is 1.78. The van der Waals surface area contributed by atoms with Gasteiger partial charge < -0.3 is 15.8 Å². The lowest BCUT2D eigenvalue weighted by Gasteiger charge is -2.37. The number of amides is 1. The van der Waals surface area contributed by atoms with Crippen LogP contribution in [0.15, 0.2) is 0 Å². The topological polar surface area (TPSA) is 67.6 Å². The first-order valence-corrected chi connectivity index (χ1v) is 6.97. The molecule has 3 atom stereocenters. The van der Waals surface area contributed by atoms with Gasteiger partial charge in [-0.05, 0) is 33.1 Å². The zero-order valence-electron chi connectivity index (χ0n) is 11.4. The Morgan fingerprint density at radius 2 is 2.22 bits per heavy atom. The zero-order chi connectivity index (χ0) is 13.1. The van der Waals surface area contributed by atoms with E-state index in [1.807, 2.05) is 0 Å². The quantitative estimate of drug-likeness (QED) is 0.706. The molecule has 5 heteroatoms. The molecule has 1 heterocycles. The number of hydrogen-bond acceptors (Lipinski definition) is 4. The van der Waals surface area contributed by atoms with Crippen LogP contribution in [0, 0.1) is 0 Å². The Morgan fingerprint density at radius 3 is 2.83 bits per heavy atom. The lowest BCUT2D eigenvalue weighted by molar-refractivity contribution is -0.120. The van der Waals surface area contributed by atoms with Gasteiger partial charge in [0.25, 0.3) is 0 Å². The fourth-order valence-electron chi connectivity index (χ4n) is 2.42. The van der Waals surface area contributed by atoms with E-state index in [9.17, 15) is 4.79 Å². The molecule has 0 radical (unpaired) electrons. The van der Waals surface area contributed by atoms with E-state index in [1.165, 1.54) is 12.8 Å². The number of carbonyl (C=O) groups excluding carboxylic acids is 1. The van der Waals surface area contributed by atoms with Crippen LogP contribution in [0.4, 0.5) is 0 Å². The molecule has 1 saturated carbocycles. The molecule has 0 aromatic heterocycles. The molecule has 1 aliphatic carbocycles. The van der Waals surface area contributed by atoms with Crippen LogP contribution in [0.5, 0.6) is 0 Å². The molecule has 1 amide bonds. The highest BCUT2D eigenvalue weighted by molar-refractivity contribution is 5.79. The summed E-state index contributed by atoms with van der Waals surface area (Å²) in [6.45, 7) is 6.88. The van der Waals surface area contributed by atoms with E-state index in [2.05, 4.69) is 24.1 Å². The molecule has 1 saturated heterocycles. The lowest BCUT2D eigenvalue weighted by Crippen LogP contribution is -2.50. The van der Waals surface area contributed by atoms with Gasteiger partial charge in [-0.2, -0.15) is 0 Å². The number of carbonyl (C=O) groups is 1. The Labute approximate surface area is 109 Å². The SMILES string of the molecule is CC1CN(CCC(NC2CC2)C(N)=O)C(C)CO1. The smallest absolute Gasteiger partial charge is 0.234 e. The van der Waals surface area contributed by atoms with E-state index in [4.69, 9.17) is 10.5 Å². The second-order valence-corrected chi connectivity index (χ2v) is 5.67. The van der Waals surface area contributed by atoms with Crippen LogP contribution < -0.4 is 11.1 Å². The highest BCUT2D eigenvalue weighted by atomic mass is 16.5. The van der Waals surface area contributed by atoms with Gasteiger partial charge in [0, 0.05) is 25.2 Å². The number of nitrogens with zero attached hydrogens (tertiary/aromatic N) is 1. The van der Waals surface area contributed by atoms with E-state index < -0.39 is 0 Å². The van der Waals surface area contributed by atoms with Gasteiger partial charge in [-0.3, -0.25) is 9.69 Å². The standard InChI is InChI=1S/C13H25N3O2/c1-9-8-18-10(2)7-16(9)6-5-12(13(14)17)15-11-3-4-11/h9-12,15H,3-8H2,1-2H3,(H2,14,17). The first-order chi connectivity index (χ1) is 8.56. The minimum absolute atomic E-state index is 0.178. The lowest BCUT2D eigenvalue weighted by atomic mass is 10.1. The fourth-order valence-corrected chi connectivity index (χ4v) is 2.42. The average molecular weight is 255 g/mol. The second-order valence-electron chi connectivity index (χ2n) is 5.67. The largest absolute Gasteiger partial charge is 0.376 e. The highest BCUT2D eigenvalue weighted by Gasteiger charge is 2.29. The minimum Gasteiger partial charge on any atom is -0.376 e. The van der Waals surface area contributed by atoms with Gasteiger partial charge in [0.15, 0.2) is 0 Å². The summed E-state index contributed by atoms with van der Waals surface area (Å²) < 4.78 is 5.60. The molecule has 2 fully saturated rings. The number of ether oxygens (including phenoxy) is 1. The molecule has 5 nitrogen and oxygen atoms in total. The predicted octanol–water partition coefficient (Wildman–Crippen LogP) is 0.0916. The molecule has 2 aliphatic rings. The Bertz CT molecular complexity index is 294. The number of nitrogens with one attached hydrogen (secondary N) is 1. The van der Waals surface area contributed by atoms with Crippen molar-refractivity contribution in [3.63, 3.8) is 0 Å². The van der Waals surface area contributed by atoms with E-state index in [0.29, 0.717) is 12.1 Å². The summed E-state index contributed by atoms with van der Waals surface area (Å²) >= 11 is 0. The predicted molar refractivity (Wildman–Crippen MR) is 70.2 cm³/mol. The van der Waals surface area contributed by atoms with Crippen LogP contribution in [-0.2, 0) is 9.53 Å². The highest BCUT2D eigenvalue weighted by Crippen LogP contribution is 2.20. The van der Waals surface area contributed by atoms with Crippen molar-refractivity contribution in [2.24, 2.45) is 5.73 Å². The molecular weight excluding hydrogens is 230 g/mol. The summed E-state index contributed by atoms with van der Waals surface area (Å²) in [5.74, 6) is -0.226. The maximum absolute atomic E-state index is 11.4. The van der Waals surface area contributed by atoms with Crippen LogP contribution in [0.1, 0.15) is 33.1 Å². The fraction of sp³-hybridized carbons (Fsp3) is 0.923. The van der Waals surface area contributed by atoms with Crippen molar-refractivity contribution in [1.29, 1.82) is 0 Å². The van der Waals surface area contributed by atoms with Crippen LogP contribution in [0.25, 0.3) is 0 Å². The first-order valence-electron chi connectivity index (χ1n) is 6.97. The van der Waals surface area contributed by atoms with Crippen LogP contribution >= 0.6 is 0 Å². The van der Waals surface area contributed by atoms with E-state index in [1.54, 1.807) is 0 Å². The number of rotatable bonds is 6. The summed E-state index contributed by atoms with van der Waals surface area (Å²) in [6.07, 6.45) is 3.43. The Hall–Kier alpha value is -0.650. The maximum Gasteiger partial charge on any atom is 0.234 e. The minimum atomic E-state index is -0.226. The van der Waals surface area contributed by atoms with Crippen LogP contribution in [0.3, 0.4) is 0 Å². The van der Waals surface area contributed by atoms with Crippen LogP contribution in [0.2, 0.25) is 0 Å². The molecular formula is C13H25N3O2. The number of nitrogens with two attached hydrogens (primary N) is 1. The molecule has 0 aromatic carbocycles. The summed E-state index contributed by atoms with van der Waals surface area (Å²) in [4.78, 5) is 13.8. The molecule has 1 aliphatic heterocycles. The van der Waals surface area contributed by atoms with Crippen molar-refractivity contribution in [1.82, 2.24) is 10.2 Å². The third kappa shape index (κ3) is 3.93. The molecule has 0 spiro atoms. The van der Waals surface area contributed by atoms with Gasteiger partial charge >= 0.3 is 0 Å². The molecule has 2 rings (SSSR count). The van der Waals surface area contributed by atoms with Crippen molar-refractivity contribution in [3.8, 4) is 0 Å². The summed E-state index contributed by atoms with van der Waals surface area (Å²) in [5, 5.41) is 3.32. The van der Waals surface area contributed by atoms with Crippen LogP contribution in [-0.4, -0.2) is 54.7 Å². The summed E-state index contributed by atoms with van der Waals surface area (Å²) in [6, 6.07) is 0.766. The molecule has 3 unspecified atom stereocenters. The van der Waals surface area contributed by atoms with Gasteiger partial charge in [-0.15, -0.1) is 0 Å². The molecule has 0 bridgehead atoms. The normalized spacial score (nSPS) is 31.2. The van der Waals surface area contributed by atoms with Crippen molar-refractivity contribution < 1.29 is 9.53 Å². The molecule has 18 heavy (non-hydrogen) atoms. The number of primary amides is 1. The van der Waals surface area contributed by atoms with Gasteiger partial charge in [-0.1, -0.05) is 0 Å². The number of hydrogen-bond donors (Lipinski definition) is 2.